The first kappa shape index (κ1) is 85.5. The fourth-order valence-corrected chi connectivity index (χ4v) is 8.97. The molecule has 24 nitrogen and oxygen atoms in total. The summed E-state index contributed by atoms with van der Waals surface area (Å²) < 4.78 is 58.6. The number of hydrogen-bond donors (Lipinski definition) is 5. The van der Waals surface area contributed by atoms with E-state index in [1.807, 2.05) is 71.9 Å². The number of pyridine rings is 4. The number of azide groups is 1. The number of nitrogen functional groups attached to an aromatic ring is 1. The van der Waals surface area contributed by atoms with E-state index in [-0.39, 0.29) is 73.9 Å². The number of aryl methyl sites for hydroxylation is 4. The largest absolute Gasteiger partial charge is 0.525 e. The van der Waals surface area contributed by atoms with Gasteiger partial charge in [0.1, 0.15) is 46.7 Å². The van der Waals surface area contributed by atoms with Gasteiger partial charge in [0.2, 0.25) is 0 Å². The molecule has 524 valence electrons. The van der Waals surface area contributed by atoms with E-state index in [9.17, 15) is 51.7 Å². The number of nitrogens with one attached hydrogen (secondary N) is 2. The fraction of sp³-hybridized carbons (Fsp3) is 0.203. The maximum atomic E-state index is 12.8. The molecule has 2 amide bonds. The summed E-state index contributed by atoms with van der Waals surface area (Å²) in [5.41, 5.74) is 22.0. The standard InChI is InChI=1S/C16H18N2O3.C15H15FN2O2.C12H10N3O3P.C9H11NO3.C8H12N2O.C7H4ClFO.CH4O.CH3.Pd/c1-11-9-14(15(19)18(3)12(11)2)17-16(20)21-10-13-7-5-4-6-8-13;1-9-8-13(15(20)18(3)10(9)2)17-14(19)11-4-6-12(16)7-5-11;13-14-15-19(16,17-11-7-3-1-4-8-11)18-12-9-5-2-6-10-12;1-5-4-7(9(12)13)8(11)10(3)6(5)2;1-5-4-7(9)8(11)10(3)6(5)2;8-7(10)5-1-3-6(9)4-2-5;1-2;;/h4-9H,10H2,1-3H3,(H,17,20);4-8H,1-3H3,(H,17,19);1-10H;4H,1-3H3,(H,12,13);4H,9H2,1-3H3;1-4H;2H,1H3;1H3;/q;;;;;;;-1;. The maximum absolute atomic E-state index is 12.8. The van der Waals surface area contributed by atoms with E-state index in [1.165, 1.54) is 68.3 Å². The first-order valence-corrected chi connectivity index (χ1v) is 30.4. The molecule has 29 heteroatoms. The van der Waals surface area contributed by atoms with Crippen LogP contribution in [0.5, 0.6) is 11.5 Å². The number of aromatic nitrogens is 4. The Hall–Kier alpha value is -10.5. The smallest absolute Gasteiger partial charge is 0.477 e. The predicted octanol–water partition coefficient (Wildman–Crippen LogP) is 13.3. The van der Waals surface area contributed by atoms with Crippen LogP contribution < -0.4 is 47.7 Å². The summed E-state index contributed by atoms with van der Waals surface area (Å²) in [6.07, 6.45) is -0.640. The van der Waals surface area contributed by atoms with Crippen molar-refractivity contribution in [1.82, 2.24) is 18.3 Å². The number of aliphatic hydroxyl groups is 1. The summed E-state index contributed by atoms with van der Waals surface area (Å²) in [5, 5.41) is 20.2. The molecule has 4 heterocycles. The number of nitrogens with zero attached hydrogens (tertiary/aromatic N) is 7. The van der Waals surface area contributed by atoms with E-state index < -0.39 is 42.3 Å². The van der Waals surface area contributed by atoms with Crippen LogP contribution in [0.1, 0.15) is 81.7 Å². The molecule has 0 aliphatic carbocycles. The molecule has 98 heavy (non-hydrogen) atoms. The molecular weight excluding hydrogens is 1400 g/mol. The zero-order chi connectivity index (χ0) is 72.1. The zero-order valence-electron chi connectivity index (χ0n) is 56.2. The van der Waals surface area contributed by atoms with Crippen molar-refractivity contribution in [3.63, 3.8) is 0 Å². The second kappa shape index (κ2) is 41.5. The topological polar surface area (TPSA) is 340 Å². The van der Waals surface area contributed by atoms with Crippen LogP contribution in [0.25, 0.3) is 10.4 Å². The summed E-state index contributed by atoms with van der Waals surface area (Å²) in [5.74, 6) is -1.80. The van der Waals surface area contributed by atoms with Crippen molar-refractivity contribution in [3.05, 3.63) is 302 Å². The predicted molar refractivity (Wildman–Crippen MR) is 373 cm³/mol. The van der Waals surface area contributed by atoms with Gasteiger partial charge in [-0.05, 0) is 197 Å². The molecule has 9 aromatic rings. The number of carbonyl (C=O) groups is 4. The number of aliphatic hydroxyl groups excluding tert-OH is 1. The van der Waals surface area contributed by atoms with E-state index in [4.69, 9.17) is 46.9 Å². The van der Waals surface area contributed by atoms with Gasteiger partial charge in [0.05, 0.1) is 5.69 Å². The number of benzene rings is 5. The molecule has 0 spiro atoms. The molecule has 5 aromatic carbocycles. The number of carboxylic acids is 1. The van der Waals surface area contributed by atoms with Crippen LogP contribution in [0.2, 0.25) is 0 Å². The number of nitrogens with two attached hydrogens (primary N) is 1. The minimum atomic E-state index is -3.95. The Kier molecular flexibility index (Phi) is 36.2. The number of amides is 2. The Morgan fingerprint density at radius 2 is 0.918 bits per heavy atom. The third kappa shape index (κ3) is 26.2. The molecule has 0 bridgehead atoms. The molecule has 0 unspecified atom stereocenters. The van der Waals surface area contributed by atoms with E-state index in [2.05, 4.69) is 20.4 Å². The number of carboxylic acid groups (broad SMARTS) is 1. The Morgan fingerprint density at radius 3 is 1.32 bits per heavy atom. The third-order valence-electron chi connectivity index (χ3n) is 14.1. The molecule has 0 aliphatic rings. The van der Waals surface area contributed by atoms with Crippen LogP contribution in [-0.4, -0.2) is 58.8 Å². The van der Waals surface area contributed by atoms with Crippen LogP contribution in [0.15, 0.2) is 188 Å². The normalized spacial score (nSPS) is 9.81. The van der Waals surface area contributed by atoms with Gasteiger partial charge in [-0.2, -0.15) is 0 Å². The minimum Gasteiger partial charge on any atom is -0.477 e. The number of para-hydroxylation sites is 2. The van der Waals surface area contributed by atoms with Gasteiger partial charge in [0.15, 0.2) is 0 Å². The van der Waals surface area contributed by atoms with Crippen molar-refractivity contribution in [1.29, 1.82) is 0 Å². The number of rotatable bonds is 12. The number of carbonyl (C=O) groups excluding carboxylic acids is 3. The maximum Gasteiger partial charge on any atom is 0.525 e. The van der Waals surface area contributed by atoms with E-state index in [0.29, 0.717) is 28.3 Å². The van der Waals surface area contributed by atoms with Gasteiger partial charge in [0, 0.05) is 99.4 Å². The van der Waals surface area contributed by atoms with Crippen LogP contribution in [-0.2, 0) is 64.5 Å². The van der Waals surface area contributed by atoms with Crippen molar-refractivity contribution in [2.75, 3.05) is 23.5 Å². The number of halogens is 3. The molecule has 0 radical (unpaired) electrons. The van der Waals surface area contributed by atoms with Crippen molar-refractivity contribution >= 4 is 59.6 Å². The molecule has 9 rings (SSSR count). The second-order valence-corrected chi connectivity index (χ2v) is 22.3. The summed E-state index contributed by atoms with van der Waals surface area (Å²) in [4.78, 5) is 97.1. The Morgan fingerprint density at radius 1 is 0.561 bits per heavy atom. The molecule has 0 aliphatic heterocycles. The Bertz CT molecular complexity index is 4470. The SMILES string of the molecule is CO.Cc1cc(C(=O)O)c(=O)n(C)c1C.Cc1cc(N)c(=O)n(C)c1C.Cc1cc(NC(=O)OCc2ccccc2)c(=O)n(C)c1C.Cc1cc(NC(=O)c2ccc(F)cc2)c(=O)n(C)c1C.O=C(Cl)c1ccc(F)cc1.[CH3-].[N-]=[N+]=NP(=O)(Oc1ccccc1)Oc1ccccc1.[Pd]. The van der Waals surface area contributed by atoms with Crippen LogP contribution >= 0.6 is 19.3 Å². The molecule has 0 atom stereocenters. The quantitative estimate of drug-likeness (QED) is 0.0144. The van der Waals surface area contributed by atoms with Gasteiger partial charge in [-0.1, -0.05) is 66.7 Å². The summed E-state index contributed by atoms with van der Waals surface area (Å²) in [6.45, 7) is 15.0. The first-order chi connectivity index (χ1) is 45.3. The number of anilines is 3. The zero-order valence-corrected chi connectivity index (χ0v) is 59.4. The van der Waals surface area contributed by atoms with Gasteiger partial charge in [0.25, 0.3) is 33.4 Å². The van der Waals surface area contributed by atoms with Crippen molar-refractivity contribution < 1.29 is 76.9 Å². The average molecular weight is 1480 g/mol. The third-order valence-corrected chi connectivity index (χ3v) is 15.5. The van der Waals surface area contributed by atoms with E-state index in [0.717, 1.165) is 57.7 Å². The van der Waals surface area contributed by atoms with E-state index in [1.54, 1.807) is 125 Å². The summed E-state index contributed by atoms with van der Waals surface area (Å²) >= 11 is 5.09. The number of hydrogen-bond acceptors (Lipinski definition) is 14. The molecule has 0 fully saturated rings. The summed E-state index contributed by atoms with van der Waals surface area (Å²) in [6, 6.07) is 42.7. The molecule has 0 saturated carbocycles. The van der Waals surface area contributed by atoms with Crippen molar-refractivity contribution in [3.8, 4) is 11.5 Å². The van der Waals surface area contributed by atoms with Gasteiger partial charge in [-0.3, -0.25) is 34.1 Å². The molecular formula is C69H77ClF2N10O14PPd-. The first-order valence-electron chi connectivity index (χ1n) is 28.6. The van der Waals surface area contributed by atoms with Crippen LogP contribution in [0.4, 0.5) is 30.6 Å². The van der Waals surface area contributed by atoms with Crippen LogP contribution in [0.3, 0.4) is 0 Å². The molecule has 6 N–H and O–H groups in total. The average Bonchev–Trinajstić information content (AvgIpc) is 0.839. The van der Waals surface area contributed by atoms with Gasteiger partial charge in [-0.15, -0.1) is 0 Å². The second-order valence-electron chi connectivity index (χ2n) is 20.5. The van der Waals surface area contributed by atoms with Crippen LogP contribution in [0, 0.1) is 74.5 Å². The number of ether oxygens (including phenoxy) is 1. The van der Waals surface area contributed by atoms with Crippen molar-refractivity contribution in [2.45, 2.75) is 62.0 Å². The van der Waals surface area contributed by atoms with Gasteiger partial charge in [-0.25, -0.2) is 22.9 Å². The number of aromatic carboxylic acids is 1. The molecule has 4 aromatic heterocycles. The fourth-order valence-electron chi connectivity index (χ4n) is 7.86. The molecule has 0 saturated heterocycles. The Labute approximate surface area is 583 Å². The van der Waals surface area contributed by atoms with E-state index >= 15 is 0 Å². The monoisotopic (exact) mass is 1480 g/mol. The van der Waals surface area contributed by atoms with Crippen molar-refractivity contribution in [2.24, 2.45) is 33.1 Å². The van der Waals surface area contributed by atoms with Gasteiger partial charge < -0.3 is 60.7 Å². The van der Waals surface area contributed by atoms with Gasteiger partial charge >= 0.3 is 19.8 Å². The Balaban J connectivity index is 0.000000594. The minimum absolute atomic E-state index is 0. The summed E-state index contributed by atoms with van der Waals surface area (Å²) in [7, 11) is 3.66.